The van der Waals surface area contributed by atoms with Gasteiger partial charge in [0, 0.05) is 24.4 Å². The summed E-state index contributed by atoms with van der Waals surface area (Å²) in [5.74, 6) is 4.07. The summed E-state index contributed by atoms with van der Waals surface area (Å²) in [6, 6.07) is 3.06. The van der Waals surface area contributed by atoms with Crippen molar-refractivity contribution < 1.29 is 18.1 Å². The molecule has 0 amide bonds. The molecule has 1 aromatic heterocycles. The van der Waals surface area contributed by atoms with Gasteiger partial charge in [-0.25, -0.2) is 0 Å². The minimum Gasteiger partial charge on any atom is -0.358 e. The Morgan fingerprint density at radius 3 is 2.63 bits per heavy atom. The largest absolute Gasteiger partial charge is 0.393 e. The van der Waals surface area contributed by atoms with Crippen molar-refractivity contribution in [1.29, 1.82) is 0 Å². The molecule has 0 fully saturated rings. The normalized spacial score (nSPS) is 12.8. The third-order valence-electron chi connectivity index (χ3n) is 2.21. The standard InChI is InChI=1S/C10H11F3N4O2/c11-10(12,13)5-8(9(16-14)17(18)19)4-7-2-1-3-15-6-7/h1-3,6,16H,4-5,14H2. The quantitative estimate of drug-likeness (QED) is 0.483. The molecule has 0 aliphatic carbocycles. The topological polar surface area (TPSA) is 94.1 Å². The first kappa shape index (κ1) is 14.9. The van der Waals surface area contributed by atoms with E-state index in [1.54, 1.807) is 5.43 Å². The van der Waals surface area contributed by atoms with Crippen LogP contribution in [0.2, 0.25) is 0 Å². The number of pyridine rings is 1. The minimum atomic E-state index is -4.56. The van der Waals surface area contributed by atoms with Crippen LogP contribution in [-0.2, 0) is 6.42 Å². The second-order valence-corrected chi connectivity index (χ2v) is 3.68. The van der Waals surface area contributed by atoms with Gasteiger partial charge >= 0.3 is 12.0 Å². The van der Waals surface area contributed by atoms with E-state index in [4.69, 9.17) is 5.84 Å². The Morgan fingerprint density at radius 2 is 2.21 bits per heavy atom. The summed E-state index contributed by atoms with van der Waals surface area (Å²) < 4.78 is 37.3. The summed E-state index contributed by atoms with van der Waals surface area (Å²) >= 11 is 0. The molecule has 0 bridgehead atoms. The number of nitro groups is 1. The Labute approximate surface area is 106 Å². The first-order valence-corrected chi connectivity index (χ1v) is 5.12. The molecule has 0 aliphatic rings. The number of hydrazine groups is 1. The third kappa shape index (κ3) is 4.92. The smallest absolute Gasteiger partial charge is 0.358 e. The van der Waals surface area contributed by atoms with E-state index in [-0.39, 0.29) is 6.42 Å². The fourth-order valence-corrected chi connectivity index (χ4v) is 1.50. The summed E-state index contributed by atoms with van der Waals surface area (Å²) in [5, 5.41) is 10.7. The Kier molecular flexibility index (Phi) is 4.81. The van der Waals surface area contributed by atoms with Crippen molar-refractivity contribution in [2.45, 2.75) is 19.0 Å². The van der Waals surface area contributed by atoms with E-state index in [2.05, 4.69) is 4.98 Å². The lowest BCUT2D eigenvalue weighted by Gasteiger charge is -2.12. The number of alkyl halides is 3. The lowest BCUT2D eigenvalue weighted by Crippen LogP contribution is -2.29. The van der Waals surface area contributed by atoms with Crippen LogP contribution in [0.5, 0.6) is 0 Å². The van der Waals surface area contributed by atoms with E-state index in [0.717, 1.165) is 0 Å². The zero-order valence-corrected chi connectivity index (χ0v) is 9.65. The van der Waals surface area contributed by atoms with Crippen molar-refractivity contribution in [3.63, 3.8) is 0 Å². The van der Waals surface area contributed by atoms with Gasteiger partial charge in [-0.15, -0.1) is 0 Å². The first-order chi connectivity index (χ1) is 8.83. The number of nitrogens with zero attached hydrogens (tertiary/aromatic N) is 2. The van der Waals surface area contributed by atoms with Crippen molar-refractivity contribution in [1.82, 2.24) is 10.4 Å². The van der Waals surface area contributed by atoms with Gasteiger partial charge < -0.3 is 10.1 Å². The molecule has 1 aromatic rings. The van der Waals surface area contributed by atoms with Gasteiger partial charge in [-0.05, 0) is 16.6 Å². The predicted octanol–water partition coefficient (Wildman–Crippen LogP) is 1.53. The summed E-state index contributed by atoms with van der Waals surface area (Å²) in [6.45, 7) is 0. The van der Waals surface area contributed by atoms with E-state index >= 15 is 0 Å². The Balaban J connectivity index is 3.09. The van der Waals surface area contributed by atoms with E-state index < -0.39 is 28.9 Å². The van der Waals surface area contributed by atoms with Crippen LogP contribution in [-0.4, -0.2) is 16.1 Å². The molecule has 0 aliphatic heterocycles. The third-order valence-corrected chi connectivity index (χ3v) is 2.21. The van der Waals surface area contributed by atoms with Crippen molar-refractivity contribution in [2.24, 2.45) is 5.84 Å². The summed E-state index contributed by atoms with van der Waals surface area (Å²) in [6.07, 6.45) is -3.44. The van der Waals surface area contributed by atoms with Gasteiger partial charge in [0.25, 0.3) is 0 Å². The molecule has 19 heavy (non-hydrogen) atoms. The van der Waals surface area contributed by atoms with Crippen LogP contribution in [0.4, 0.5) is 13.2 Å². The highest BCUT2D eigenvalue weighted by molar-refractivity contribution is 5.20. The highest BCUT2D eigenvalue weighted by Crippen LogP contribution is 2.27. The van der Waals surface area contributed by atoms with Gasteiger partial charge in [0.05, 0.1) is 6.42 Å². The maximum absolute atomic E-state index is 12.4. The van der Waals surface area contributed by atoms with Crippen molar-refractivity contribution >= 4 is 0 Å². The Hall–Kier alpha value is -2.16. The van der Waals surface area contributed by atoms with Crippen LogP contribution < -0.4 is 11.3 Å². The van der Waals surface area contributed by atoms with Crippen LogP contribution >= 0.6 is 0 Å². The maximum Gasteiger partial charge on any atom is 0.393 e. The average molecular weight is 276 g/mol. The van der Waals surface area contributed by atoms with Gasteiger partial charge in [-0.2, -0.15) is 24.4 Å². The number of rotatable bonds is 5. The molecule has 104 valence electrons. The van der Waals surface area contributed by atoms with Gasteiger partial charge in [-0.3, -0.25) is 4.98 Å². The van der Waals surface area contributed by atoms with Crippen LogP contribution in [0, 0.1) is 10.1 Å². The van der Waals surface area contributed by atoms with Crippen LogP contribution in [0.3, 0.4) is 0 Å². The first-order valence-electron chi connectivity index (χ1n) is 5.12. The van der Waals surface area contributed by atoms with Gasteiger partial charge in [0.1, 0.15) is 0 Å². The molecule has 0 radical (unpaired) electrons. The van der Waals surface area contributed by atoms with Gasteiger partial charge in [-0.1, -0.05) is 6.07 Å². The molecule has 1 heterocycles. The Morgan fingerprint density at radius 1 is 1.53 bits per heavy atom. The number of aromatic nitrogens is 1. The molecule has 1 rings (SSSR count). The number of allylic oxidation sites excluding steroid dienone is 1. The molecular weight excluding hydrogens is 265 g/mol. The van der Waals surface area contributed by atoms with Crippen molar-refractivity contribution in [3.8, 4) is 0 Å². The molecule has 9 heteroatoms. The summed E-state index contributed by atoms with van der Waals surface area (Å²) in [5.41, 5.74) is 1.68. The van der Waals surface area contributed by atoms with Gasteiger partial charge in [0.2, 0.25) is 0 Å². The molecule has 0 atom stereocenters. The van der Waals surface area contributed by atoms with E-state index in [1.807, 2.05) is 0 Å². The molecule has 3 N–H and O–H groups in total. The fraction of sp³-hybridized carbons (Fsp3) is 0.300. The predicted molar refractivity (Wildman–Crippen MR) is 60.0 cm³/mol. The molecule has 0 unspecified atom stereocenters. The molecule has 0 saturated heterocycles. The molecule has 6 nitrogen and oxygen atoms in total. The SMILES string of the molecule is NNC(=C(Cc1cccnc1)CC(F)(F)F)[N+](=O)[O-]. The molecule has 0 saturated carbocycles. The maximum atomic E-state index is 12.4. The van der Waals surface area contributed by atoms with E-state index in [1.165, 1.54) is 24.5 Å². The number of nitrogens with two attached hydrogens (primary N) is 1. The zero-order valence-electron chi connectivity index (χ0n) is 9.65. The molecular formula is C10H11F3N4O2. The van der Waals surface area contributed by atoms with E-state index in [9.17, 15) is 23.3 Å². The number of hydrogen-bond acceptors (Lipinski definition) is 5. The van der Waals surface area contributed by atoms with Gasteiger partial charge in [0.15, 0.2) is 0 Å². The average Bonchev–Trinajstić information content (AvgIpc) is 2.28. The van der Waals surface area contributed by atoms with E-state index in [0.29, 0.717) is 5.56 Å². The number of nitrogens with one attached hydrogen (secondary N) is 1. The number of halogens is 3. The number of hydrogen-bond donors (Lipinski definition) is 2. The molecule has 0 aromatic carbocycles. The van der Waals surface area contributed by atoms with Crippen LogP contribution in [0.1, 0.15) is 12.0 Å². The Bertz CT molecular complexity index is 473. The van der Waals surface area contributed by atoms with Crippen molar-refractivity contribution in [2.75, 3.05) is 0 Å². The minimum absolute atomic E-state index is 0.256. The molecule has 0 spiro atoms. The lowest BCUT2D eigenvalue weighted by molar-refractivity contribution is -0.433. The second-order valence-electron chi connectivity index (χ2n) is 3.68. The second kappa shape index (κ2) is 6.14. The highest BCUT2D eigenvalue weighted by atomic mass is 19.4. The van der Waals surface area contributed by atoms with Crippen LogP contribution in [0.25, 0.3) is 0 Å². The highest BCUT2D eigenvalue weighted by Gasteiger charge is 2.33. The van der Waals surface area contributed by atoms with Crippen LogP contribution in [0.15, 0.2) is 35.9 Å². The monoisotopic (exact) mass is 276 g/mol. The summed E-state index contributed by atoms with van der Waals surface area (Å²) in [4.78, 5) is 13.4. The fourth-order valence-electron chi connectivity index (χ4n) is 1.50. The zero-order chi connectivity index (χ0) is 14.5. The van der Waals surface area contributed by atoms with Crippen molar-refractivity contribution in [3.05, 3.63) is 51.6 Å². The lowest BCUT2D eigenvalue weighted by atomic mass is 10.0. The summed E-state index contributed by atoms with van der Waals surface area (Å²) in [7, 11) is 0.